The van der Waals surface area contributed by atoms with Crippen LogP contribution in [0.4, 0.5) is 0 Å². The minimum Gasteiger partial charge on any atom is -0.365 e. The molecule has 22 heavy (non-hydrogen) atoms. The van der Waals surface area contributed by atoms with Gasteiger partial charge in [0.25, 0.3) is 0 Å². The van der Waals surface area contributed by atoms with Gasteiger partial charge in [-0.15, -0.1) is 0 Å². The Hall–Kier alpha value is -0.670. The summed E-state index contributed by atoms with van der Waals surface area (Å²) in [5.74, 6) is -0.389. The zero-order valence-corrected chi connectivity index (χ0v) is 14.4. The predicted octanol–water partition coefficient (Wildman–Crippen LogP) is 3.85. The molecule has 1 saturated carbocycles. The fourth-order valence-electron chi connectivity index (χ4n) is 4.89. The number of carbonyl (C=O) groups is 1. The van der Waals surface area contributed by atoms with E-state index in [1.807, 2.05) is 26.8 Å². The van der Waals surface area contributed by atoms with Crippen LogP contribution >= 0.6 is 0 Å². The van der Waals surface area contributed by atoms with Crippen LogP contribution in [-0.2, 0) is 9.53 Å². The second kappa shape index (κ2) is 5.17. The topological polar surface area (TPSA) is 46.5 Å². The van der Waals surface area contributed by atoms with Gasteiger partial charge in [0, 0.05) is 17.8 Å². The fraction of sp³-hybridized carbons (Fsp3) is 0.842. The highest BCUT2D eigenvalue weighted by Gasteiger charge is 2.57. The standard InChI is InChI=1S/C19H30O3/c1-5-19(21)12-14-16(22-19)13-8-6-7-10-18(13,4)11-9-15(20)17(14,2)3/h9,11,13-14,16,21H,5-8,10,12H2,1-4H3/b11-9-/t13-,14-,16-,18-,19?/m0/s1. The Labute approximate surface area is 134 Å². The number of allylic oxidation sites excluding steroid dienone is 2. The van der Waals surface area contributed by atoms with Gasteiger partial charge in [-0.1, -0.05) is 46.6 Å². The first-order chi connectivity index (χ1) is 10.2. The maximum absolute atomic E-state index is 12.7. The number of hydrogen-bond donors (Lipinski definition) is 1. The molecule has 2 aliphatic carbocycles. The molecule has 1 heterocycles. The van der Waals surface area contributed by atoms with Gasteiger partial charge in [-0.2, -0.15) is 0 Å². The molecule has 3 rings (SSSR count). The van der Waals surface area contributed by atoms with E-state index in [0.29, 0.717) is 18.8 Å². The van der Waals surface area contributed by atoms with Crippen LogP contribution < -0.4 is 0 Å². The molecular formula is C19H30O3. The molecule has 3 nitrogen and oxygen atoms in total. The molecule has 0 radical (unpaired) electrons. The number of rotatable bonds is 1. The molecule has 0 spiro atoms. The van der Waals surface area contributed by atoms with Crippen molar-refractivity contribution in [2.75, 3.05) is 0 Å². The fourth-order valence-corrected chi connectivity index (χ4v) is 4.89. The lowest BCUT2D eigenvalue weighted by Gasteiger charge is -2.47. The summed E-state index contributed by atoms with van der Waals surface area (Å²) in [6.07, 6.45) is 9.78. The molecule has 1 saturated heterocycles. The molecule has 124 valence electrons. The lowest BCUT2D eigenvalue weighted by atomic mass is 9.58. The molecule has 5 atom stereocenters. The van der Waals surface area contributed by atoms with Gasteiger partial charge >= 0.3 is 0 Å². The Morgan fingerprint density at radius 1 is 1.27 bits per heavy atom. The molecule has 1 unspecified atom stereocenters. The monoisotopic (exact) mass is 306 g/mol. The van der Waals surface area contributed by atoms with Crippen LogP contribution in [0.3, 0.4) is 0 Å². The van der Waals surface area contributed by atoms with Crippen LogP contribution in [0.25, 0.3) is 0 Å². The van der Waals surface area contributed by atoms with E-state index in [1.54, 1.807) is 0 Å². The number of aliphatic hydroxyl groups is 1. The lowest BCUT2D eigenvalue weighted by Crippen LogP contribution is -2.47. The average molecular weight is 306 g/mol. The van der Waals surface area contributed by atoms with Crippen LogP contribution in [0, 0.1) is 22.7 Å². The third-order valence-corrected chi connectivity index (χ3v) is 6.75. The number of hydrogen-bond acceptors (Lipinski definition) is 3. The van der Waals surface area contributed by atoms with Crippen molar-refractivity contribution in [3.8, 4) is 0 Å². The van der Waals surface area contributed by atoms with Crippen molar-refractivity contribution >= 4 is 5.78 Å². The van der Waals surface area contributed by atoms with Gasteiger partial charge in [0.05, 0.1) is 6.10 Å². The van der Waals surface area contributed by atoms with E-state index < -0.39 is 11.2 Å². The van der Waals surface area contributed by atoms with E-state index in [9.17, 15) is 9.90 Å². The molecule has 0 aromatic carbocycles. The summed E-state index contributed by atoms with van der Waals surface area (Å²) < 4.78 is 6.23. The Morgan fingerprint density at radius 2 is 2.00 bits per heavy atom. The lowest BCUT2D eigenvalue weighted by molar-refractivity contribution is -0.211. The molecule has 2 fully saturated rings. The molecule has 3 aliphatic rings. The smallest absolute Gasteiger partial charge is 0.165 e. The van der Waals surface area contributed by atoms with E-state index in [2.05, 4.69) is 13.0 Å². The average Bonchev–Trinajstić information content (AvgIpc) is 2.83. The zero-order chi connectivity index (χ0) is 16.2. The van der Waals surface area contributed by atoms with E-state index in [-0.39, 0.29) is 23.2 Å². The Bertz CT molecular complexity index is 495. The summed E-state index contributed by atoms with van der Waals surface area (Å²) in [6.45, 7) is 8.27. The van der Waals surface area contributed by atoms with Gasteiger partial charge < -0.3 is 9.84 Å². The van der Waals surface area contributed by atoms with Gasteiger partial charge in [-0.3, -0.25) is 4.79 Å². The van der Waals surface area contributed by atoms with Crippen LogP contribution in [0.2, 0.25) is 0 Å². The van der Waals surface area contributed by atoms with Crippen molar-refractivity contribution in [3.05, 3.63) is 12.2 Å². The Morgan fingerprint density at radius 3 is 2.68 bits per heavy atom. The van der Waals surface area contributed by atoms with Crippen molar-refractivity contribution in [1.82, 2.24) is 0 Å². The Kier molecular flexibility index (Phi) is 3.81. The van der Waals surface area contributed by atoms with Gasteiger partial charge in [-0.05, 0) is 36.7 Å². The van der Waals surface area contributed by atoms with Crippen LogP contribution in [0.1, 0.15) is 66.2 Å². The van der Waals surface area contributed by atoms with E-state index >= 15 is 0 Å². The number of ether oxygens (including phenoxy) is 1. The summed E-state index contributed by atoms with van der Waals surface area (Å²) in [5.41, 5.74) is -0.452. The SMILES string of the molecule is CCC1(O)C[C@H]2[C@@H](O1)[C@@H]1CCCC[C@@]1(C)/C=C\C(=O)C2(C)C. The quantitative estimate of drug-likeness (QED) is 0.800. The second-order valence-electron chi connectivity index (χ2n) is 8.47. The van der Waals surface area contributed by atoms with E-state index in [1.165, 1.54) is 12.8 Å². The van der Waals surface area contributed by atoms with Crippen molar-refractivity contribution in [3.63, 3.8) is 0 Å². The molecule has 1 N–H and O–H groups in total. The normalized spacial score (nSPS) is 49.0. The minimum absolute atomic E-state index is 0.0147. The highest BCUT2D eigenvalue weighted by atomic mass is 16.6. The molecule has 0 aromatic rings. The molecular weight excluding hydrogens is 276 g/mol. The van der Waals surface area contributed by atoms with Crippen molar-refractivity contribution in [2.24, 2.45) is 22.7 Å². The van der Waals surface area contributed by atoms with E-state index in [4.69, 9.17) is 4.74 Å². The third kappa shape index (κ3) is 2.37. The summed E-state index contributed by atoms with van der Waals surface area (Å²) in [5, 5.41) is 10.8. The van der Waals surface area contributed by atoms with Crippen molar-refractivity contribution < 1.29 is 14.6 Å². The zero-order valence-electron chi connectivity index (χ0n) is 14.4. The highest BCUT2D eigenvalue weighted by molar-refractivity contribution is 5.94. The van der Waals surface area contributed by atoms with Crippen molar-refractivity contribution in [2.45, 2.75) is 78.1 Å². The third-order valence-electron chi connectivity index (χ3n) is 6.75. The highest BCUT2D eigenvalue weighted by Crippen LogP contribution is 2.56. The van der Waals surface area contributed by atoms with Crippen molar-refractivity contribution in [1.29, 1.82) is 0 Å². The van der Waals surface area contributed by atoms with Gasteiger partial charge in [0.15, 0.2) is 11.6 Å². The van der Waals surface area contributed by atoms with E-state index in [0.717, 1.165) is 12.8 Å². The first-order valence-electron chi connectivity index (χ1n) is 8.86. The van der Waals surface area contributed by atoms with Gasteiger partial charge in [-0.25, -0.2) is 0 Å². The molecule has 3 heteroatoms. The predicted molar refractivity (Wildman–Crippen MR) is 86.2 cm³/mol. The Balaban J connectivity index is 2.07. The van der Waals surface area contributed by atoms with Gasteiger partial charge in [0.1, 0.15) is 0 Å². The summed E-state index contributed by atoms with van der Waals surface area (Å²) >= 11 is 0. The molecule has 0 amide bonds. The summed E-state index contributed by atoms with van der Waals surface area (Å²) in [6, 6.07) is 0. The molecule has 0 aromatic heterocycles. The van der Waals surface area contributed by atoms with Crippen LogP contribution in [0.15, 0.2) is 12.2 Å². The van der Waals surface area contributed by atoms with Gasteiger partial charge in [0.2, 0.25) is 0 Å². The molecule has 1 aliphatic heterocycles. The maximum Gasteiger partial charge on any atom is 0.165 e. The first-order valence-corrected chi connectivity index (χ1v) is 8.86. The summed E-state index contributed by atoms with van der Waals surface area (Å²) in [7, 11) is 0. The minimum atomic E-state index is -1.06. The van der Waals surface area contributed by atoms with Crippen LogP contribution in [0.5, 0.6) is 0 Å². The maximum atomic E-state index is 12.7. The molecule has 0 bridgehead atoms. The second-order valence-corrected chi connectivity index (χ2v) is 8.47. The largest absolute Gasteiger partial charge is 0.365 e. The number of carbonyl (C=O) groups excluding carboxylic acids is 1. The first kappa shape index (κ1) is 16.2. The number of ketones is 1. The van der Waals surface area contributed by atoms with Crippen LogP contribution in [-0.4, -0.2) is 22.8 Å². The summed E-state index contributed by atoms with van der Waals surface area (Å²) in [4.78, 5) is 12.7. The number of fused-ring (bicyclic) bond motifs is 3.